The Bertz CT molecular complexity index is 353. The van der Waals surface area contributed by atoms with Crippen LogP contribution in [0, 0.1) is 10.1 Å². The lowest BCUT2D eigenvalue weighted by molar-refractivity contribution is -0.383. The first-order valence-corrected chi connectivity index (χ1v) is 3.89. The number of nitrogens with zero attached hydrogens (tertiary/aromatic N) is 1. The van der Waals surface area contributed by atoms with E-state index in [0.29, 0.717) is 0 Å². The van der Waals surface area contributed by atoms with Crippen LogP contribution >= 0.6 is 0 Å². The van der Waals surface area contributed by atoms with Crippen molar-refractivity contribution < 1.29 is 14.8 Å². The molecule has 0 spiro atoms. The molecule has 0 heterocycles. The van der Waals surface area contributed by atoms with Gasteiger partial charge in [-0.15, -0.1) is 0 Å². The third kappa shape index (κ3) is 5.21. The van der Waals surface area contributed by atoms with Crippen molar-refractivity contribution in [2.45, 2.75) is 0 Å². The van der Waals surface area contributed by atoms with Gasteiger partial charge in [0.15, 0.2) is 0 Å². The van der Waals surface area contributed by atoms with E-state index in [4.69, 9.17) is 10.8 Å². The average molecular weight is 213 g/mol. The zero-order chi connectivity index (χ0) is 11.8. The summed E-state index contributed by atoms with van der Waals surface area (Å²) in [6.07, 6.45) is 0. The Kier molecular flexibility index (Phi) is 5.42. The molecule has 0 bridgehead atoms. The highest BCUT2D eigenvalue weighted by Crippen LogP contribution is 2.18. The number of nitro benzene ring substituents is 1. The molecule has 0 amide bonds. The number of hydrogen-bond donors (Lipinski definition) is 3. The van der Waals surface area contributed by atoms with E-state index < -0.39 is 10.9 Å². The summed E-state index contributed by atoms with van der Waals surface area (Å²) in [7, 11) is 0. The molecule has 0 unspecified atom stereocenters. The molecule has 5 N–H and O–H groups in total. The van der Waals surface area contributed by atoms with Crippen LogP contribution in [0.4, 0.5) is 11.4 Å². The van der Waals surface area contributed by atoms with Crippen LogP contribution in [0.15, 0.2) is 24.3 Å². The second kappa shape index (κ2) is 6.33. The van der Waals surface area contributed by atoms with E-state index in [2.05, 4.69) is 5.73 Å². The fraction of sp³-hybridized carbons (Fsp3) is 0.125. The lowest BCUT2D eigenvalue weighted by Crippen LogP contribution is -2.10. The van der Waals surface area contributed by atoms with Crippen LogP contribution in [0.3, 0.4) is 0 Å². The molecule has 0 atom stereocenters. The molecule has 0 fully saturated rings. The highest BCUT2D eigenvalue weighted by atomic mass is 16.6. The summed E-state index contributed by atoms with van der Waals surface area (Å²) >= 11 is 0. The van der Waals surface area contributed by atoms with Crippen LogP contribution in [-0.4, -0.2) is 22.5 Å². The van der Waals surface area contributed by atoms with Crippen molar-refractivity contribution in [2.75, 3.05) is 12.3 Å². The number of aliphatic carboxylic acids is 1. The molecular formula is C8H11N3O4. The number of nitro groups is 1. The zero-order valence-electron chi connectivity index (χ0n) is 7.79. The van der Waals surface area contributed by atoms with Gasteiger partial charge in [-0.25, -0.2) is 0 Å². The summed E-state index contributed by atoms with van der Waals surface area (Å²) in [5, 5.41) is 17.7. The fourth-order valence-corrected chi connectivity index (χ4v) is 0.654. The average Bonchev–Trinajstić information content (AvgIpc) is 2.19. The molecule has 1 aromatic rings. The van der Waals surface area contributed by atoms with Gasteiger partial charge in [-0.2, -0.15) is 0 Å². The number of carboxylic acid groups (broad SMARTS) is 1. The highest BCUT2D eigenvalue weighted by molar-refractivity contribution is 5.68. The number of carbonyl (C=O) groups is 1. The van der Waals surface area contributed by atoms with E-state index in [0.717, 1.165) is 0 Å². The molecule has 0 aliphatic heterocycles. The van der Waals surface area contributed by atoms with Gasteiger partial charge >= 0.3 is 5.97 Å². The van der Waals surface area contributed by atoms with Crippen LogP contribution in [0.2, 0.25) is 0 Å². The topological polar surface area (TPSA) is 132 Å². The number of para-hydroxylation sites is 2. The highest BCUT2D eigenvalue weighted by Gasteiger charge is 2.07. The minimum atomic E-state index is -0.968. The van der Waals surface area contributed by atoms with Gasteiger partial charge in [-0.05, 0) is 6.07 Å². The summed E-state index contributed by atoms with van der Waals surface area (Å²) in [4.78, 5) is 18.9. The van der Waals surface area contributed by atoms with Gasteiger partial charge in [-0.1, -0.05) is 12.1 Å². The van der Waals surface area contributed by atoms with E-state index in [1.165, 1.54) is 12.1 Å². The molecule has 82 valence electrons. The normalized spacial score (nSPS) is 8.60. The minimum Gasteiger partial charge on any atom is -0.480 e. The Balaban J connectivity index is 0.000000336. The van der Waals surface area contributed by atoms with Crippen molar-refractivity contribution in [3.05, 3.63) is 34.4 Å². The summed E-state index contributed by atoms with van der Waals surface area (Å²) < 4.78 is 0. The van der Waals surface area contributed by atoms with Gasteiger partial charge in [0.2, 0.25) is 0 Å². The number of rotatable bonds is 2. The van der Waals surface area contributed by atoms with Gasteiger partial charge < -0.3 is 16.6 Å². The lowest BCUT2D eigenvalue weighted by atomic mass is 10.3. The minimum absolute atomic E-state index is 0.0394. The molecule has 0 saturated carbocycles. The lowest BCUT2D eigenvalue weighted by Gasteiger charge is -1.92. The maximum atomic E-state index is 10.1. The zero-order valence-corrected chi connectivity index (χ0v) is 7.79. The number of carboxylic acids is 1. The predicted molar refractivity (Wildman–Crippen MR) is 54.2 cm³/mol. The number of benzene rings is 1. The van der Waals surface area contributed by atoms with Crippen LogP contribution in [0.1, 0.15) is 0 Å². The van der Waals surface area contributed by atoms with Gasteiger partial charge in [-0.3, -0.25) is 14.9 Å². The number of anilines is 1. The van der Waals surface area contributed by atoms with Crippen LogP contribution in [0.25, 0.3) is 0 Å². The molecule has 0 radical (unpaired) electrons. The Morgan fingerprint density at radius 2 is 1.93 bits per heavy atom. The maximum Gasteiger partial charge on any atom is 0.317 e. The van der Waals surface area contributed by atoms with Crippen LogP contribution in [-0.2, 0) is 4.79 Å². The predicted octanol–water partition coefficient (Wildman–Crippen LogP) is 0.207. The molecule has 0 aliphatic carbocycles. The summed E-state index contributed by atoms with van der Waals surface area (Å²) in [5.74, 6) is -0.968. The summed E-state index contributed by atoms with van der Waals surface area (Å²) in [6.45, 7) is -0.278. The molecule has 1 aromatic carbocycles. The Morgan fingerprint density at radius 3 is 2.20 bits per heavy atom. The second-order valence-electron chi connectivity index (χ2n) is 2.41. The van der Waals surface area contributed by atoms with E-state index >= 15 is 0 Å². The Labute approximate surface area is 85.5 Å². The maximum absolute atomic E-state index is 10.1. The molecule has 0 aromatic heterocycles. The summed E-state index contributed by atoms with van der Waals surface area (Å²) in [5.41, 5.74) is 10.0. The molecule has 7 nitrogen and oxygen atoms in total. The number of nitrogens with two attached hydrogens (primary N) is 2. The van der Waals surface area contributed by atoms with E-state index in [9.17, 15) is 14.9 Å². The van der Waals surface area contributed by atoms with Gasteiger partial charge in [0, 0.05) is 6.07 Å². The van der Waals surface area contributed by atoms with E-state index in [1.54, 1.807) is 12.1 Å². The third-order valence-corrected chi connectivity index (χ3v) is 1.31. The van der Waals surface area contributed by atoms with Crippen molar-refractivity contribution in [3.63, 3.8) is 0 Å². The van der Waals surface area contributed by atoms with Crippen molar-refractivity contribution in [1.29, 1.82) is 0 Å². The Morgan fingerprint density at radius 1 is 1.47 bits per heavy atom. The quantitative estimate of drug-likeness (QED) is 0.365. The second-order valence-corrected chi connectivity index (χ2v) is 2.41. The fourth-order valence-electron chi connectivity index (χ4n) is 0.654. The summed E-state index contributed by atoms with van der Waals surface area (Å²) in [6, 6.07) is 6.10. The van der Waals surface area contributed by atoms with Gasteiger partial charge in [0.25, 0.3) is 5.69 Å². The van der Waals surface area contributed by atoms with Crippen molar-refractivity contribution in [1.82, 2.24) is 0 Å². The monoisotopic (exact) mass is 213 g/mol. The van der Waals surface area contributed by atoms with Crippen molar-refractivity contribution in [3.8, 4) is 0 Å². The van der Waals surface area contributed by atoms with Gasteiger partial charge in [0.1, 0.15) is 5.69 Å². The van der Waals surface area contributed by atoms with Crippen molar-refractivity contribution in [2.24, 2.45) is 5.73 Å². The number of nitrogen functional groups attached to an aromatic ring is 1. The van der Waals surface area contributed by atoms with E-state index in [1.807, 2.05) is 0 Å². The first-order valence-electron chi connectivity index (χ1n) is 3.89. The Hall–Kier alpha value is -2.15. The molecule has 7 heteroatoms. The van der Waals surface area contributed by atoms with E-state index in [-0.39, 0.29) is 17.9 Å². The largest absolute Gasteiger partial charge is 0.480 e. The molecule has 1 rings (SSSR count). The first kappa shape index (κ1) is 12.8. The standard InChI is InChI=1S/C6H6N2O2.C2H5NO2/c7-5-3-1-2-4-6(5)8(9)10;3-1-2(4)5/h1-4H,7H2;1,3H2,(H,4,5). The van der Waals surface area contributed by atoms with Crippen LogP contribution < -0.4 is 11.5 Å². The number of hydrogen-bond acceptors (Lipinski definition) is 5. The SMILES string of the molecule is NCC(=O)O.Nc1ccccc1[N+](=O)[O-]. The molecule has 0 aliphatic rings. The molecule has 0 saturated heterocycles. The molecule has 15 heavy (non-hydrogen) atoms. The first-order chi connectivity index (χ1) is 6.99. The van der Waals surface area contributed by atoms with Crippen LogP contribution in [0.5, 0.6) is 0 Å². The smallest absolute Gasteiger partial charge is 0.317 e. The van der Waals surface area contributed by atoms with Gasteiger partial charge in [0.05, 0.1) is 11.5 Å². The molecular weight excluding hydrogens is 202 g/mol. The van der Waals surface area contributed by atoms with Crippen molar-refractivity contribution >= 4 is 17.3 Å². The third-order valence-electron chi connectivity index (χ3n) is 1.31.